The number of phenolic OH excluding ortho intramolecular Hbond substituents is 1. The van der Waals surface area contributed by atoms with Gasteiger partial charge in [-0.3, -0.25) is 4.79 Å². The van der Waals surface area contributed by atoms with Crippen LogP contribution in [0.3, 0.4) is 0 Å². The largest absolute Gasteiger partial charge is 0.508 e. The Hall–Kier alpha value is -1.55. The van der Waals surface area contributed by atoms with E-state index in [1.165, 1.54) is 0 Å². The fourth-order valence-corrected chi connectivity index (χ4v) is 1.90. The predicted octanol–water partition coefficient (Wildman–Crippen LogP) is 1.33. The van der Waals surface area contributed by atoms with Gasteiger partial charge in [0.05, 0.1) is 5.92 Å². The molecule has 16 heavy (non-hydrogen) atoms. The number of piperidine rings is 1. The first-order valence-corrected chi connectivity index (χ1v) is 5.56. The third-order valence-electron chi connectivity index (χ3n) is 2.78. The molecule has 1 atom stereocenters. The number of amides is 1. The molecule has 1 aromatic rings. The molecule has 4 nitrogen and oxygen atoms in total. The molecular weight excluding hydrogens is 204 g/mol. The van der Waals surface area contributed by atoms with Gasteiger partial charge in [0.1, 0.15) is 5.75 Å². The second kappa shape index (κ2) is 4.99. The molecule has 1 aliphatic heterocycles. The molecule has 1 amide bonds. The predicted molar refractivity (Wildman–Crippen MR) is 62.3 cm³/mol. The zero-order valence-electron chi connectivity index (χ0n) is 9.07. The second-order valence-electron chi connectivity index (χ2n) is 4.08. The molecule has 0 bridgehead atoms. The number of carbonyl (C=O) groups is 1. The van der Waals surface area contributed by atoms with Gasteiger partial charge in [0.2, 0.25) is 5.91 Å². The van der Waals surface area contributed by atoms with Gasteiger partial charge in [-0.25, -0.2) is 0 Å². The quantitative estimate of drug-likeness (QED) is 0.704. The molecule has 0 aromatic heterocycles. The molecule has 1 unspecified atom stereocenters. The first kappa shape index (κ1) is 11.0. The van der Waals surface area contributed by atoms with Crippen LogP contribution in [0.2, 0.25) is 0 Å². The molecular formula is C12H16N2O2. The van der Waals surface area contributed by atoms with Gasteiger partial charge in [-0.05, 0) is 31.5 Å². The van der Waals surface area contributed by atoms with Crippen molar-refractivity contribution in [1.29, 1.82) is 0 Å². The van der Waals surface area contributed by atoms with Gasteiger partial charge in [0, 0.05) is 18.3 Å². The number of anilines is 1. The van der Waals surface area contributed by atoms with E-state index in [2.05, 4.69) is 10.6 Å². The Balaban J connectivity index is 1.96. The van der Waals surface area contributed by atoms with Gasteiger partial charge in [-0.2, -0.15) is 0 Å². The Morgan fingerprint density at radius 1 is 1.50 bits per heavy atom. The van der Waals surface area contributed by atoms with Gasteiger partial charge >= 0.3 is 0 Å². The zero-order valence-corrected chi connectivity index (χ0v) is 9.07. The van der Waals surface area contributed by atoms with Crippen LogP contribution in [0.15, 0.2) is 24.3 Å². The number of benzene rings is 1. The fourth-order valence-electron chi connectivity index (χ4n) is 1.90. The van der Waals surface area contributed by atoms with Crippen molar-refractivity contribution >= 4 is 11.6 Å². The molecule has 1 heterocycles. The first-order chi connectivity index (χ1) is 7.75. The SMILES string of the molecule is O=C(Nc1cccc(O)c1)C1CCCNC1. The number of aromatic hydroxyl groups is 1. The summed E-state index contributed by atoms with van der Waals surface area (Å²) in [6.45, 7) is 1.74. The smallest absolute Gasteiger partial charge is 0.228 e. The lowest BCUT2D eigenvalue weighted by molar-refractivity contribution is -0.120. The van der Waals surface area contributed by atoms with Crippen molar-refractivity contribution < 1.29 is 9.90 Å². The Labute approximate surface area is 94.7 Å². The van der Waals surface area contributed by atoms with E-state index in [4.69, 9.17) is 0 Å². The van der Waals surface area contributed by atoms with E-state index in [0.717, 1.165) is 25.9 Å². The van der Waals surface area contributed by atoms with E-state index in [-0.39, 0.29) is 17.6 Å². The molecule has 2 rings (SSSR count). The number of rotatable bonds is 2. The third-order valence-corrected chi connectivity index (χ3v) is 2.78. The summed E-state index contributed by atoms with van der Waals surface area (Å²) in [6.07, 6.45) is 1.97. The van der Waals surface area contributed by atoms with Crippen molar-refractivity contribution in [3.05, 3.63) is 24.3 Å². The zero-order chi connectivity index (χ0) is 11.4. The average Bonchev–Trinajstić information content (AvgIpc) is 2.30. The van der Waals surface area contributed by atoms with Crippen molar-refractivity contribution in [1.82, 2.24) is 5.32 Å². The lowest BCUT2D eigenvalue weighted by Crippen LogP contribution is -2.37. The number of nitrogens with one attached hydrogen (secondary N) is 2. The molecule has 0 spiro atoms. The summed E-state index contributed by atoms with van der Waals surface area (Å²) >= 11 is 0. The van der Waals surface area contributed by atoms with E-state index in [9.17, 15) is 9.90 Å². The summed E-state index contributed by atoms with van der Waals surface area (Å²) in [7, 11) is 0. The molecule has 3 N–H and O–H groups in total. The van der Waals surface area contributed by atoms with Crippen LogP contribution in [0.25, 0.3) is 0 Å². The molecule has 1 saturated heterocycles. The van der Waals surface area contributed by atoms with Crippen LogP contribution in [0, 0.1) is 5.92 Å². The normalized spacial score (nSPS) is 20.4. The van der Waals surface area contributed by atoms with Gasteiger partial charge in [-0.1, -0.05) is 6.07 Å². The van der Waals surface area contributed by atoms with Crippen LogP contribution in [0.1, 0.15) is 12.8 Å². The van der Waals surface area contributed by atoms with Crippen LogP contribution in [-0.4, -0.2) is 24.1 Å². The molecule has 1 fully saturated rings. The summed E-state index contributed by atoms with van der Waals surface area (Å²) in [5.41, 5.74) is 0.649. The van der Waals surface area contributed by atoms with Gasteiger partial charge in [0.15, 0.2) is 0 Å². The topological polar surface area (TPSA) is 61.4 Å². The molecule has 1 aliphatic rings. The fraction of sp³-hybridized carbons (Fsp3) is 0.417. The lowest BCUT2D eigenvalue weighted by atomic mass is 9.99. The molecule has 0 saturated carbocycles. The molecule has 0 radical (unpaired) electrons. The van der Waals surface area contributed by atoms with Crippen molar-refractivity contribution in [3.8, 4) is 5.75 Å². The molecule has 1 aromatic carbocycles. The number of hydrogen-bond acceptors (Lipinski definition) is 3. The van der Waals surface area contributed by atoms with Crippen molar-refractivity contribution in [2.75, 3.05) is 18.4 Å². The van der Waals surface area contributed by atoms with Gasteiger partial charge in [0.25, 0.3) is 0 Å². The first-order valence-electron chi connectivity index (χ1n) is 5.56. The van der Waals surface area contributed by atoms with E-state index < -0.39 is 0 Å². The Bertz CT molecular complexity index is 373. The Morgan fingerprint density at radius 2 is 2.38 bits per heavy atom. The van der Waals surface area contributed by atoms with Crippen LogP contribution in [-0.2, 0) is 4.79 Å². The summed E-state index contributed by atoms with van der Waals surface area (Å²) in [6, 6.07) is 6.61. The van der Waals surface area contributed by atoms with E-state index in [0.29, 0.717) is 5.69 Å². The van der Waals surface area contributed by atoms with E-state index in [1.807, 2.05) is 0 Å². The van der Waals surface area contributed by atoms with Crippen molar-refractivity contribution in [2.45, 2.75) is 12.8 Å². The highest BCUT2D eigenvalue weighted by atomic mass is 16.3. The summed E-state index contributed by atoms with van der Waals surface area (Å²) in [4.78, 5) is 11.8. The highest BCUT2D eigenvalue weighted by Crippen LogP contribution is 2.18. The number of phenols is 1. The summed E-state index contributed by atoms with van der Waals surface area (Å²) in [5.74, 6) is 0.230. The maximum atomic E-state index is 11.8. The summed E-state index contributed by atoms with van der Waals surface area (Å²) < 4.78 is 0. The van der Waals surface area contributed by atoms with Crippen LogP contribution < -0.4 is 10.6 Å². The monoisotopic (exact) mass is 220 g/mol. The minimum atomic E-state index is 0.0257. The maximum absolute atomic E-state index is 11.8. The van der Waals surface area contributed by atoms with Crippen LogP contribution >= 0.6 is 0 Å². The highest BCUT2D eigenvalue weighted by Gasteiger charge is 2.20. The van der Waals surface area contributed by atoms with Crippen molar-refractivity contribution in [2.24, 2.45) is 5.92 Å². The van der Waals surface area contributed by atoms with Crippen molar-refractivity contribution in [3.63, 3.8) is 0 Å². The molecule has 86 valence electrons. The summed E-state index contributed by atoms with van der Waals surface area (Å²) in [5, 5.41) is 15.3. The second-order valence-corrected chi connectivity index (χ2v) is 4.08. The molecule has 0 aliphatic carbocycles. The van der Waals surface area contributed by atoms with Crippen LogP contribution in [0.5, 0.6) is 5.75 Å². The van der Waals surface area contributed by atoms with E-state index >= 15 is 0 Å². The average molecular weight is 220 g/mol. The van der Waals surface area contributed by atoms with E-state index in [1.54, 1.807) is 24.3 Å². The Morgan fingerprint density at radius 3 is 3.06 bits per heavy atom. The highest BCUT2D eigenvalue weighted by molar-refractivity contribution is 5.92. The van der Waals surface area contributed by atoms with Gasteiger partial charge < -0.3 is 15.7 Å². The number of hydrogen-bond donors (Lipinski definition) is 3. The minimum Gasteiger partial charge on any atom is -0.508 e. The lowest BCUT2D eigenvalue weighted by Gasteiger charge is -2.21. The third kappa shape index (κ3) is 2.73. The standard InChI is InChI=1S/C12H16N2O2/c15-11-5-1-4-10(7-11)14-12(16)9-3-2-6-13-8-9/h1,4-5,7,9,13,15H,2-3,6,8H2,(H,14,16). The number of carbonyl (C=O) groups excluding carboxylic acids is 1. The van der Waals surface area contributed by atoms with Crippen LogP contribution in [0.4, 0.5) is 5.69 Å². The minimum absolute atomic E-state index is 0.0257. The van der Waals surface area contributed by atoms with Gasteiger partial charge in [-0.15, -0.1) is 0 Å². The Kier molecular flexibility index (Phi) is 3.41. The maximum Gasteiger partial charge on any atom is 0.228 e. The molecule has 4 heteroatoms.